The summed E-state index contributed by atoms with van der Waals surface area (Å²) in [4.78, 5) is 4.19. The number of hydrogen-bond donors (Lipinski definition) is 1. The van der Waals surface area contributed by atoms with E-state index in [4.69, 9.17) is 9.84 Å². The predicted molar refractivity (Wildman–Crippen MR) is 70.8 cm³/mol. The molecule has 0 saturated heterocycles. The summed E-state index contributed by atoms with van der Waals surface area (Å²) in [6, 6.07) is 13.3. The van der Waals surface area contributed by atoms with Crippen molar-refractivity contribution in [1.29, 1.82) is 0 Å². The maximum absolute atomic E-state index is 9.03. The smallest absolute Gasteiger partial charge is 0.219 e. The zero-order chi connectivity index (χ0) is 13.0. The number of nitrogens with zero attached hydrogens (tertiary/aromatic N) is 1. The van der Waals surface area contributed by atoms with Crippen LogP contribution in [0.1, 0.15) is 31.0 Å². The molecule has 0 spiro atoms. The molecule has 2 rings (SSSR count). The zero-order valence-corrected chi connectivity index (χ0v) is 10.6. The first-order chi connectivity index (χ1) is 8.69. The van der Waals surface area contributed by atoms with Gasteiger partial charge in [-0.15, -0.1) is 0 Å². The lowest BCUT2D eigenvalue weighted by Gasteiger charge is -2.09. The zero-order valence-electron chi connectivity index (χ0n) is 10.6. The highest BCUT2D eigenvalue weighted by molar-refractivity contribution is 5.33. The molecule has 94 valence electrons. The van der Waals surface area contributed by atoms with Gasteiger partial charge in [-0.2, -0.15) is 0 Å². The van der Waals surface area contributed by atoms with Gasteiger partial charge in [0.2, 0.25) is 5.88 Å². The Morgan fingerprint density at radius 3 is 2.67 bits per heavy atom. The van der Waals surface area contributed by atoms with Crippen molar-refractivity contribution < 1.29 is 9.84 Å². The number of ether oxygens (including phenoxy) is 1. The molecule has 2 aromatic rings. The molecule has 0 aliphatic rings. The molecular formula is C15H17NO2. The second kappa shape index (κ2) is 5.65. The Labute approximate surface area is 107 Å². The average molecular weight is 243 g/mol. The topological polar surface area (TPSA) is 42.4 Å². The molecule has 1 N–H and O–H groups in total. The van der Waals surface area contributed by atoms with Crippen LogP contribution in [0.25, 0.3) is 0 Å². The highest BCUT2D eigenvalue weighted by atomic mass is 16.5. The molecule has 1 aromatic heterocycles. The molecule has 3 nitrogen and oxygen atoms in total. The Morgan fingerprint density at radius 1 is 1.17 bits per heavy atom. The van der Waals surface area contributed by atoms with Crippen LogP contribution in [-0.2, 0) is 6.61 Å². The quantitative estimate of drug-likeness (QED) is 0.893. The van der Waals surface area contributed by atoms with E-state index < -0.39 is 0 Å². The van der Waals surface area contributed by atoms with E-state index >= 15 is 0 Å². The standard InChI is InChI=1S/C15H17NO2/c1-11(2)12-5-3-7-14(9-12)18-15-8-4-6-13(10-17)16-15/h3-9,11,17H,10H2,1-2H3. The minimum absolute atomic E-state index is 0.0801. The largest absolute Gasteiger partial charge is 0.439 e. The van der Waals surface area contributed by atoms with Crippen molar-refractivity contribution in [2.75, 3.05) is 0 Å². The number of benzene rings is 1. The van der Waals surface area contributed by atoms with Gasteiger partial charge >= 0.3 is 0 Å². The summed E-state index contributed by atoms with van der Waals surface area (Å²) >= 11 is 0. The fraction of sp³-hybridized carbons (Fsp3) is 0.267. The van der Waals surface area contributed by atoms with Crippen LogP contribution in [0, 0.1) is 0 Å². The van der Waals surface area contributed by atoms with E-state index in [-0.39, 0.29) is 6.61 Å². The lowest BCUT2D eigenvalue weighted by Crippen LogP contribution is -1.94. The van der Waals surface area contributed by atoms with Crippen LogP contribution in [0.4, 0.5) is 0 Å². The van der Waals surface area contributed by atoms with Crippen molar-refractivity contribution in [2.45, 2.75) is 26.4 Å². The van der Waals surface area contributed by atoms with Crippen molar-refractivity contribution in [3.63, 3.8) is 0 Å². The van der Waals surface area contributed by atoms with Gasteiger partial charge < -0.3 is 9.84 Å². The van der Waals surface area contributed by atoms with Crippen molar-refractivity contribution >= 4 is 0 Å². The third-order valence-electron chi connectivity index (χ3n) is 2.69. The molecule has 0 fully saturated rings. The predicted octanol–water partition coefficient (Wildman–Crippen LogP) is 3.49. The second-order valence-corrected chi connectivity index (χ2v) is 4.45. The van der Waals surface area contributed by atoms with Gasteiger partial charge in [-0.1, -0.05) is 32.0 Å². The summed E-state index contributed by atoms with van der Waals surface area (Å²) in [5.74, 6) is 1.73. The van der Waals surface area contributed by atoms with E-state index in [0.717, 1.165) is 5.75 Å². The van der Waals surface area contributed by atoms with E-state index in [2.05, 4.69) is 24.9 Å². The Bertz CT molecular complexity index is 523. The summed E-state index contributed by atoms with van der Waals surface area (Å²) in [7, 11) is 0. The Kier molecular flexibility index (Phi) is 3.95. The molecule has 0 saturated carbocycles. The lowest BCUT2D eigenvalue weighted by atomic mass is 10.0. The fourth-order valence-corrected chi connectivity index (χ4v) is 1.66. The van der Waals surface area contributed by atoms with Crippen LogP contribution in [0.3, 0.4) is 0 Å². The van der Waals surface area contributed by atoms with Crippen LogP contribution >= 0.6 is 0 Å². The molecule has 0 unspecified atom stereocenters. The first kappa shape index (κ1) is 12.6. The van der Waals surface area contributed by atoms with Crippen molar-refractivity contribution in [3.8, 4) is 11.6 Å². The molecule has 0 aliphatic heterocycles. The Morgan fingerprint density at radius 2 is 1.94 bits per heavy atom. The number of pyridine rings is 1. The van der Waals surface area contributed by atoms with E-state index in [9.17, 15) is 0 Å². The van der Waals surface area contributed by atoms with Crippen LogP contribution in [0.5, 0.6) is 11.6 Å². The van der Waals surface area contributed by atoms with Gasteiger partial charge in [-0.25, -0.2) is 4.98 Å². The maximum Gasteiger partial charge on any atom is 0.219 e. The summed E-state index contributed by atoms with van der Waals surface area (Å²) < 4.78 is 5.69. The van der Waals surface area contributed by atoms with Gasteiger partial charge in [0.05, 0.1) is 12.3 Å². The van der Waals surface area contributed by atoms with Crippen LogP contribution < -0.4 is 4.74 Å². The summed E-state index contributed by atoms with van der Waals surface area (Å²) in [6.07, 6.45) is 0. The van der Waals surface area contributed by atoms with Crippen molar-refractivity contribution in [2.24, 2.45) is 0 Å². The normalized spacial score (nSPS) is 10.7. The Balaban J connectivity index is 2.20. The van der Waals surface area contributed by atoms with Gasteiger partial charge in [0.1, 0.15) is 5.75 Å². The van der Waals surface area contributed by atoms with Crippen LogP contribution in [0.2, 0.25) is 0 Å². The Hall–Kier alpha value is -1.87. The molecule has 0 bridgehead atoms. The number of aliphatic hydroxyl groups is 1. The number of aliphatic hydroxyl groups excluding tert-OH is 1. The molecule has 1 aromatic carbocycles. The van der Waals surface area contributed by atoms with E-state index in [1.54, 1.807) is 12.1 Å². The minimum atomic E-state index is -0.0801. The molecule has 0 amide bonds. The molecule has 18 heavy (non-hydrogen) atoms. The molecule has 0 aliphatic carbocycles. The number of rotatable bonds is 4. The lowest BCUT2D eigenvalue weighted by molar-refractivity contribution is 0.275. The van der Waals surface area contributed by atoms with Gasteiger partial charge in [0, 0.05) is 6.07 Å². The van der Waals surface area contributed by atoms with E-state index in [1.807, 2.05) is 24.3 Å². The molecular weight excluding hydrogens is 226 g/mol. The van der Waals surface area contributed by atoms with Gasteiger partial charge in [-0.3, -0.25) is 0 Å². The number of aromatic nitrogens is 1. The second-order valence-electron chi connectivity index (χ2n) is 4.45. The maximum atomic E-state index is 9.03. The monoisotopic (exact) mass is 243 g/mol. The summed E-state index contributed by atoms with van der Waals surface area (Å²) in [5.41, 5.74) is 1.83. The van der Waals surface area contributed by atoms with Gasteiger partial charge in [0.15, 0.2) is 0 Å². The van der Waals surface area contributed by atoms with Crippen molar-refractivity contribution in [3.05, 3.63) is 53.7 Å². The highest BCUT2D eigenvalue weighted by Crippen LogP contribution is 2.24. The van der Waals surface area contributed by atoms with Crippen LogP contribution in [-0.4, -0.2) is 10.1 Å². The summed E-state index contributed by atoms with van der Waals surface area (Å²) in [5, 5.41) is 9.03. The fourth-order valence-electron chi connectivity index (χ4n) is 1.66. The average Bonchev–Trinajstić information content (AvgIpc) is 2.39. The SMILES string of the molecule is CC(C)c1cccc(Oc2cccc(CO)n2)c1. The third-order valence-corrected chi connectivity index (χ3v) is 2.69. The van der Waals surface area contributed by atoms with Crippen LogP contribution in [0.15, 0.2) is 42.5 Å². The molecule has 0 radical (unpaired) electrons. The molecule has 0 atom stereocenters. The summed E-state index contributed by atoms with van der Waals surface area (Å²) in [6.45, 7) is 4.21. The first-order valence-corrected chi connectivity index (χ1v) is 6.03. The highest BCUT2D eigenvalue weighted by Gasteiger charge is 2.03. The third kappa shape index (κ3) is 3.08. The van der Waals surface area contributed by atoms with Gasteiger partial charge in [0.25, 0.3) is 0 Å². The minimum Gasteiger partial charge on any atom is -0.439 e. The van der Waals surface area contributed by atoms with Gasteiger partial charge in [-0.05, 0) is 29.7 Å². The molecule has 1 heterocycles. The van der Waals surface area contributed by atoms with Crippen molar-refractivity contribution in [1.82, 2.24) is 4.98 Å². The number of hydrogen-bond acceptors (Lipinski definition) is 3. The van der Waals surface area contributed by atoms with E-state index in [0.29, 0.717) is 17.5 Å². The van der Waals surface area contributed by atoms with E-state index in [1.165, 1.54) is 5.56 Å². The molecule has 3 heteroatoms. The first-order valence-electron chi connectivity index (χ1n) is 6.03.